The summed E-state index contributed by atoms with van der Waals surface area (Å²) in [7, 11) is 1.65. The molecule has 0 aliphatic carbocycles. The van der Waals surface area contributed by atoms with Crippen LogP contribution in [0.1, 0.15) is 18.0 Å². The molecule has 25 heavy (non-hydrogen) atoms. The monoisotopic (exact) mass is 353 g/mol. The van der Waals surface area contributed by atoms with Crippen LogP contribution >= 0.6 is 11.8 Å². The first-order valence-electron chi connectivity index (χ1n) is 7.78. The Bertz CT molecular complexity index is 827. The third-order valence-corrected chi connectivity index (χ3v) is 4.54. The summed E-state index contributed by atoms with van der Waals surface area (Å²) in [6, 6.07) is 17.6. The number of ether oxygens (including phenoxy) is 1. The van der Waals surface area contributed by atoms with Crippen LogP contribution in [0, 0.1) is 0 Å². The molecule has 0 amide bonds. The van der Waals surface area contributed by atoms with E-state index in [1.54, 1.807) is 18.9 Å². The highest BCUT2D eigenvalue weighted by Gasteiger charge is 2.14. The highest BCUT2D eigenvalue weighted by Crippen LogP contribution is 2.34. The van der Waals surface area contributed by atoms with Gasteiger partial charge in [-0.1, -0.05) is 18.2 Å². The fourth-order valence-electron chi connectivity index (χ4n) is 2.21. The van der Waals surface area contributed by atoms with Crippen LogP contribution in [0.15, 0.2) is 59.5 Å². The summed E-state index contributed by atoms with van der Waals surface area (Å²) in [6.45, 7) is 2.04. The van der Waals surface area contributed by atoms with Crippen molar-refractivity contribution >= 4 is 29.3 Å². The molecule has 0 radical (unpaired) electrons. The first kappa shape index (κ1) is 17.0. The molecule has 0 unspecified atom stereocenters. The Balaban J connectivity index is 1.76. The summed E-state index contributed by atoms with van der Waals surface area (Å²) in [5.41, 5.74) is 6.75. The highest BCUT2D eigenvalue weighted by atomic mass is 32.2. The van der Waals surface area contributed by atoms with Crippen molar-refractivity contribution in [3.8, 4) is 5.75 Å². The summed E-state index contributed by atoms with van der Waals surface area (Å²) in [5, 5.41) is 3.17. The zero-order chi connectivity index (χ0) is 17.6. The van der Waals surface area contributed by atoms with Gasteiger partial charge in [-0.25, -0.2) is 0 Å². The van der Waals surface area contributed by atoms with Gasteiger partial charge in [-0.3, -0.25) is 0 Å². The Hall–Kier alpha value is -2.80. The van der Waals surface area contributed by atoms with Crippen LogP contribution < -0.4 is 15.8 Å². The molecular formula is C18H19N5OS. The predicted octanol–water partition coefficient (Wildman–Crippen LogP) is 4.06. The summed E-state index contributed by atoms with van der Waals surface area (Å²) >= 11 is 1.65. The van der Waals surface area contributed by atoms with Crippen LogP contribution in [-0.2, 0) is 0 Å². The van der Waals surface area contributed by atoms with Crippen LogP contribution in [-0.4, -0.2) is 22.1 Å². The van der Waals surface area contributed by atoms with Crippen molar-refractivity contribution < 1.29 is 4.74 Å². The molecule has 0 aliphatic heterocycles. The molecule has 6 nitrogen and oxygen atoms in total. The van der Waals surface area contributed by atoms with Crippen LogP contribution in [0.3, 0.4) is 0 Å². The van der Waals surface area contributed by atoms with Crippen LogP contribution in [0.4, 0.5) is 17.6 Å². The number of para-hydroxylation sites is 1. The van der Waals surface area contributed by atoms with Crippen molar-refractivity contribution in [3.05, 3.63) is 60.4 Å². The minimum atomic E-state index is 0.0232. The van der Waals surface area contributed by atoms with Gasteiger partial charge in [0.05, 0.1) is 12.4 Å². The Labute approximate surface area is 150 Å². The average Bonchev–Trinajstić information content (AvgIpc) is 2.62. The molecule has 1 aromatic heterocycles. The van der Waals surface area contributed by atoms with Gasteiger partial charge in [0.15, 0.2) is 0 Å². The quantitative estimate of drug-likeness (QED) is 0.646. The normalized spacial score (nSPS) is 11.8. The van der Waals surface area contributed by atoms with E-state index in [2.05, 4.69) is 20.3 Å². The van der Waals surface area contributed by atoms with Crippen molar-refractivity contribution in [1.82, 2.24) is 15.0 Å². The molecule has 0 saturated carbocycles. The van der Waals surface area contributed by atoms with E-state index >= 15 is 0 Å². The van der Waals surface area contributed by atoms with Gasteiger partial charge in [0.25, 0.3) is 0 Å². The van der Waals surface area contributed by atoms with Gasteiger partial charge in [0, 0.05) is 10.6 Å². The van der Waals surface area contributed by atoms with E-state index in [0.717, 1.165) is 16.3 Å². The average molecular weight is 353 g/mol. The lowest BCUT2D eigenvalue weighted by molar-refractivity contribution is 0.414. The number of benzene rings is 2. The first-order chi connectivity index (χ1) is 12.1. The molecule has 1 atom stereocenters. The third-order valence-electron chi connectivity index (χ3n) is 3.44. The molecule has 3 aromatic rings. The molecule has 0 saturated heterocycles. The van der Waals surface area contributed by atoms with Crippen molar-refractivity contribution in [1.29, 1.82) is 0 Å². The van der Waals surface area contributed by atoms with E-state index in [1.807, 2.05) is 61.5 Å². The molecule has 128 valence electrons. The number of methoxy groups -OCH3 is 1. The van der Waals surface area contributed by atoms with Gasteiger partial charge in [-0.2, -0.15) is 15.0 Å². The molecule has 7 heteroatoms. The number of thioether (sulfide) groups is 1. The number of anilines is 3. The molecule has 1 heterocycles. The lowest BCUT2D eigenvalue weighted by atomic mass is 10.3. The van der Waals surface area contributed by atoms with Crippen molar-refractivity contribution in [2.24, 2.45) is 0 Å². The maximum atomic E-state index is 5.85. The molecule has 3 N–H and O–H groups in total. The van der Waals surface area contributed by atoms with Crippen LogP contribution in [0.2, 0.25) is 0 Å². The number of hydrogen-bond donors (Lipinski definition) is 2. The van der Waals surface area contributed by atoms with Gasteiger partial charge < -0.3 is 15.8 Å². The summed E-state index contributed by atoms with van der Waals surface area (Å²) < 4.78 is 5.18. The standard InChI is InChI=1S/C18H19N5OS/c1-12(25-15-10-8-14(24-2)9-11-15)16-21-17(19)23-18(22-16)20-13-6-4-3-5-7-13/h3-12H,1-2H3,(H3,19,20,21,22,23)/t12-/m1/s1. The summed E-state index contributed by atoms with van der Waals surface area (Å²) in [5.74, 6) is 2.10. The van der Waals surface area contributed by atoms with Crippen molar-refractivity contribution in [2.75, 3.05) is 18.2 Å². The van der Waals surface area contributed by atoms with E-state index in [1.165, 1.54) is 0 Å². The smallest absolute Gasteiger partial charge is 0.232 e. The maximum Gasteiger partial charge on any atom is 0.232 e. The molecule has 0 spiro atoms. The number of nitrogens with two attached hydrogens (primary N) is 1. The molecule has 0 fully saturated rings. The van der Waals surface area contributed by atoms with E-state index in [0.29, 0.717) is 11.8 Å². The minimum Gasteiger partial charge on any atom is -0.497 e. The topological polar surface area (TPSA) is 86.0 Å². The Morgan fingerprint density at radius 3 is 2.40 bits per heavy atom. The largest absolute Gasteiger partial charge is 0.497 e. The number of nitrogens with zero attached hydrogens (tertiary/aromatic N) is 3. The first-order valence-corrected chi connectivity index (χ1v) is 8.66. The number of nitrogens with one attached hydrogen (secondary N) is 1. The van der Waals surface area contributed by atoms with Crippen molar-refractivity contribution in [2.45, 2.75) is 17.1 Å². The zero-order valence-corrected chi connectivity index (χ0v) is 14.8. The number of nitrogen functional groups attached to an aromatic ring is 1. The van der Waals surface area contributed by atoms with Crippen LogP contribution in [0.25, 0.3) is 0 Å². The van der Waals surface area contributed by atoms with Crippen LogP contribution in [0.5, 0.6) is 5.75 Å². The second-order valence-electron chi connectivity index (χ2n) is 5.30. The van der Waals surface area contributed by atoms with E-state index in [-0.39, 0.29) is 11.2 Å². The van der Waals surface area contributed by atoms with Gasteiger partial charge in [-0.15, -0.1) is 11.8 Å². The second kappa shape index (κ2) is 7.85. The number of rotatable bonds is 6. The SMILES string of the molecule is COc1ccc(S[C@H](C)c2nc(N)nc(Nc3ccccc3)n2)cc1. The third kappa shape index (κ3) is 4.60. The lowest BCUT2D eigenvalue weighted by Crippen LogP contribution is -2.08. The number of hydrogen-bond acceptors (Lipinski definition) is 7. The van der Waals surface area contributed by atoms with Gasteiger partial charge in [-0.05, 0) is 43.3 Å². The molecule has 2 aromatic carbocycles. The zero-order valence-electron chi connectivity index (χ0n) is 14.0. The second-order valence-corrected chi connectivity index (χ2v) is 6.72. The van der Waals surface area contributed by atoms with E-state index < -0.39 is 0 Å². The highest BCUT2D eigenvalue weighted by molar-refractivity contribution is 7.99. The van der Waals surface area contributed by atoms with Crippen molar-refractivity contribution in [3.63, 3.8) is 0 Å². The molecule has 3 rings (SSSR count). The van der Waals surface area contributed by atoms with Gasteiger partial charge in [0.1, 0.15) is 11.6 Å². The molecular weight excluding hydrogens is 334 g/mol. The maximum absolute atomic E-state index is 5.85. The lowest BCUT2D eigenvalue weighted by Gasteiger charge is -2.12. The fraction of sp³-hybridized carbons (Fsp3) is 0.167. The Kier molecular flexibility index (Phi) is 5.35. The predicted molar refractivity (Wildman–Crippen MR) is 101 cm³/mol. The summed E-state index contributed by atoms with van der Waals surface area (Å²) in [4.78, 5) is 14.0. The van der Waals surface area contributed by atoms with E-state index in [9.17, 15) is 0 Å². The van der Waals surface area contributed by atoms with E-state index in [4.69, 9.17) is 10.5 Å². The van der Waals surface area contributed by atoms with Gasteiger partial charge >= 0.3 is 0 Å². The Morgan fingerprint density at radius 1 is 1.00 bits per heavy atom. The Morgan fingerprint density at radius 2 is 1.72 bits per heavy atom. The molecule has 0 aliphatic rings. The summed E-state index contributed by atoms with van der Waals surface area (Å²) in [6.07, 6.45) is 0. The van der Waals surface area contributed by atoms with Gasteiger partial charge in [0.2, 0.25) is 11.9 Å². The molecule has 0 bridgehead atoms. The fourth-order valence-corrected chi connectivity index (χ4v) is 3.12. The minimum absolute atomic E-state index is 0.0232. The number of aromatic nitrogens is 3.